The third-order valence-electron chi connectivity index (χ3n) is 8.03. The Bertz CT molecular complexity index is 1480. The minimum Gasteiger partial charge on any atom is -0.0642 e. The highest BCUT2D eigenvalue weighted by Gasteiger charge is 2.39. The van der Waals surface area contributed by atoms with Crippen molar-refractivity contribution >= 4 is 22.9 Å². The van der Waals surface area contributed by atoms with E-state index in [4.69, 9.17) is 0 Å². The quantitative estimate of drug-likeness (QED) is 0.312. The van der Waals surface area contributed by atoms with Crippen LogP contribution in [0, 0.1) is 0 Å². The smallest absolute Gasteiger partial charge is 0.0167 e. The Morgan fingerprint density at radius 3 is 2.31 bits per heavy atom. The summed E-state index contributed by atoms with van der Waals surface area (Å²) in [5.41, 5.74) is 15.0. The van der Waals surface area contributed by atoms with Crippen molar-refractivity contribution in [3.05, 3.63) is 117 Å². The zero-order chi connectivity index (χ0) is 21.4. The molecule has 0 heteroatoms. The number of allylic oxidation sites excluding steroid dienone is 2. The van der Waals surface area contributed by atoms with Gasteiger partial charge >= 0.3 is 0 Å². The van der Waals surface area contributed by atoms with Crippen LogP contribution < -0.4 is 0 Å². The number of rotatable bonds is 2. The summed E-state index contributed by atoms with van der Waals surface area (Å²) in [4.78, 5) is 0. The van der Waals surface area contributed by atoms with Crippen LogP contribution in [0.5, 0.6) is 0 Å². The summed E-state index contributed by atoms with van der Waals surface area (Å²) in [6.07, 6.45) is 7.35. The third kappa shape index (κ3) is 2.38. The first kappa shape index (κ1) is 18.2. The minimum absolute atomic E-state index is 0.407. The maximum Gasteiger partial charge on any atom is 0.0167 e. The third-order valence-corrected chi connectivity index (χ3v) is 8.03. The fourth-order valence-corrected chi connectivity index (χ4v) is 6.54. The number of hydrogen-bond acceptors (Lipinski definition) is 0. The van der Waals surface area contributed by atoms with E-state index in [0.717, 1.165) is 0 Å². The van der Waals surface area contributed by atoms with E-state index in [1.165, 1.54) is 62.6 Å². The summed E-state index contributed by atoms with van der Waals surface area (Å²) >= 11 is 0. The molecule has 4 aromatic carbocycles. The van der Waals surface area contributed by atoms with E-state index < -0.39 is 0 Å². The van der Waals surface area contributed by atoms with Crippen LogP contribution in [0.1, 0.15) is 59.1 Å². The molecule has 0 aliphatic heterocycles. The van der Waals surface area contributed by atoms with Crippen LogP contribution in [-0.2, 0) is 12.8 Å². The number of benzene rings is 4. The molecule has 0 bridgehead atoms. The fraction of sp³-hybridized carbons (Fsp3) is 0.188. The van der Waals surface area contributed by atoms with Crippen LogP contribution in [0.2, 0.25) is 0 Å². The van der Waals surface area contributed by atoms with Gasteiger partial charge in [0.2, 0.25) is 0 Å². The molecule has 7 rings (SSSR count). The van der Waals surface area contributed by atoms with E-state index in [9.17, 15) is 0 Å². The molecule has 0 N–H and O–H groups in total. The second-order valence-corrected chi connectivity index (χ2v) is 9.78. The predicted molar refractivity (Wildman–Crippen MR) is 136 cm³/mol. The highest BCUT2D eigenvalue weighted by atomic mass is 14.4. The van der Waals surface area contributed by atoms with Crippen LogP contribution in [-0.4, -0.2) is 0 Å². The van der Waals surface area contributed by atoms with Gasteiger partial charge in [0, 0.05) is 11.8 Å². The van der Waals surface area contributed by atoms with Gasteiger partial charge in [-0.1, -0.05) is 96.1 Å². The predicted octanol–water partition coefficient (Wildman–Crippen LogP) is 8.31. The summed E-state index contributed by atoms with van der Waals surface area (Å²) in [6.45, 7) is 4.69. The summed E-state index contributed by atoms with van der Waals surface area (Å²) < 4.78 is 0. The zero-order valence-corrected chi connectivity index (χ0v) is 18.7. The Balaban J connectivity index is 1.47. The molecule has 32 heavy (non-hydrogen) atoms. The normalized spacial score (nSPS) is 20.3. The number of fused-ring (bicyclic) bond motifs is 5. The topological polar surface area (TPSA) is 0 Å². The van der Waals surface area contributed by atoms with Crippen molar-refractivity contribution in [3.8, 4) is 11.1 Å². The van der Waals surface area contributed by atoms with Crippen LogP contribution in [0.15, 0.2) is 83.9 Å². The molecule has 2 unspecified atom stereocenters. The SMILES string of the molecule is CC1=Cc2c(ccc3ccccc23)C1C1C(C)=Cc2cc3c(c(-c4ccccc4)c21)CC3. The lowest BCUT2D eigenvalue weighted by atomic mass is 9.71. The lowest BCUT2D eigenvalue weighted by molar-refractivity contribution is 0.690. The Hall–Kier alpha value is -3.38. The highest BCUT2D eigenvalue weighted by Crippen LogP contribution is 2.56. The second-order valence-electron chi connectivity index (χ2n) is 9.78. The average molecular weight is 411 g/mol. The molecule has 0 amide bonds. The number of hydrogen-bond donors (Lipinski definition) is 0. The summed E-state index contributed by atoms with van der Waals surface area (Å²) in [7, 11) is 0. The molecular weight excluding hydrogens is 384 g/mol. The Morgan fingerprint density at radius 2 is 1.50 bits per heavy atom. The van der Waals surface area contributed by atoms with Crippen molar-refractivity contribution in [3.63, 3.8) is 0 Å². The van der Waals surface area contributed by atoms with Crippen molar-refractivity contribution in [2.24, 2.45) is 0 Å². The summed E-state index contributed by atoms with van der Waals surface area (Å²) in [5, 5.41) is 2.72. The van der Waals surface area contributed by atoms with Crippen LogP contribution >= 0.6 is 0 Å². The first-order valence-corrected chi connectivity index (χ1v) is 11.8. The maximum absolute atomic E-state index is 2.49. The second kappa shape index (κ2) is 6.56. The molecule has 4 aromatic rings. The fourth-order valence-electron chi connectivity index (χ4n) is 6.54. The monoisotopic (exact) mass is 410 g/mol. The van der Waals surface area contributed by atoms with Gasteiger partial charge in [-0.2, -0.15) is 0 Å². The van der Waals surface area contributed by atoms with Crippen molar-refractivity contribution in [1.82, 2.24) is 0 Å². The van der Waals surface area contributed by atoms with Crippen LogP contribution in [0.4, 0.5) is 0 Å². The molecule has 3 aliphatic carbocycles. The molecule has 0 aromatic heterocycles. The first-order chi connectivity index (χ1) is 15.7. The first-order valence-electron chi connectivity index (χ1n) is 11.8. The summed E-state index contributed by atoms with van der Waals surface area (Å²) in [5.74, 6) is 0.817. The largest absolute Gasteiger partial charge is 0.0642 e. The molecule has 0 radical (unpaired) electrons. The molecule has 0 fully saturated rings. The molecule has 3 aliphatic rings. The van der Waals surface area contributed by atoms with Gasteiger partial charge in [-0.25, -0.2) is 0 Å². The van der Waals surface area contributed by atoms with E-state index >= 15 is 0 Å². The lowest BCUT2D eigenvalue weighted by Gasteiger charge is -2.32. The molecule has 0 saturated carbocycles. The van der Waals surface area contributed by atoms with Gasteiger partial charge in [0.25, 0.3) is 0 Å². The molecule has 0 nitrogen and oxygen atoms in total. The maximum atomic E-state index is 2.49. The standard InChI is InChI=1S/C32H26/c1-19-16-24-18-23-13-14-26(23)31(22-9-4-3-5-10-22)32(24)30(19)29-20(2)17-28-25-11-7-6-8-21(25)12-15-27(28)29/h3-12,15-18,29-30H,13-14H2,1-2H3. The van der Waals surface area contributed by atoms with Gasteiger partial charge in [-0.3, -0.25) is 0 Å². The van der Waals surface area contributed by atoms with Crippen molar-refractivity contribution in [2.45, 2.75) is 38.5 Å². The molecule has 0 heterocycles. The van der Waals surface area contributed by atoms with Crippen molar-refractivity contribution in [2.75, 3.05) is 0 Å². The van der Waals surface area contributed by atoms with Gasteiger partial charge in [-0.15, -0.1) is 0 Å². The van der Waals surface area contributed by atoms with E-state index in [2.05, 4.69) is 98.8 Å². The van der Waals surface area contributed by atoms with Gasteiger partial charge in [0.05, 0.1) is 0 Å². The van der Waals surface area contributed by atoms with Gasteiger partial charge in [-0.05, 0) is 82.0 Å². The van der Waals surface area contributed by atoms with E-state index in [1.54, 1.807) is 16.7 Å². The highest BCUT2D eigenvalue weighted by molar-refractivity contribution is 5.95. The number of aryl methyl sites for hydroxylation is 1. The molecule has 2 atom stereocenters. The Labute approximate surface area is 189 Å². The van der Waals surface area contributed by atoms with Gasteiger partial charge < -0.3 is 0 Å². The van der Waals surface area contributed by atoms with Gasteiger partial charge in [0.15, 0.2) is 0 Å². The Morgan fingerprint density at radius 1 is 0.719 bits per heavy atom. The van der Waals surface area contributed by atoms with E-state index in [1.807, 2.05) is 0 Å². The van der Waals surface area contributed by atoms with E-state index in [0.29, 0.717) is 11.8 Å². The van der Waals surface area contributed by atoms with E-state index in [-0.39, 0.29) is 0 Å². The minimum atomic E-state index is 0.407. The van der Waals surface area contributed by atoms with Crippen molar-refractivity contribution in [1.29, 1.82) is 0 Å². The molecular formula is C32H26. The molecule has 0 spiro atoms. The Kier molecular flexibility index (Phi) is 3.73. The van der Waals surface area contributed by atoms with Crippen LogP contribution in [0.25, 0.3) is 34.1 Å². The summed E-state index contributed by atoms with van der Waals surface area (Å²) in [6, 6.07) is 27.1. The van der Waals surface area contributed by atoms with Crippen LogP contribution in [0.3, 0.4) is 0 Å². The zero-order valence-electron chi connectivity index (χ0n) is 18.7. The molecule has 0 saturated heterocycles. The lowest BCUT2D eigenvalue weighted by Crippen LogP contribution is -2.17. The van der Waals surface area contributed by atoms with Crippen molar-refractivity contribution < 1.29 is 0 Å². The van der Waals surface area contributed by atoms with Gasteiger partial charge in [0.1, 0.15) is 0 Å². The average Bonchev–Trinajstić information content (AvgIpc) is 3.30. The molecule has 154 valence electrons.